The zero-order valence-corrected chi connectivity index (χ0v) is 15.5. The Hall–Kier alpha value is -2.54. The van der Waals surface area contributed by atoms with Gasteiger partial charge in [-0.25, -0.2) is 13.2 Å². The van der Waals surface area contributed by atoms with E-state index in [0.29, 0.717) is 22.6 Å². The smallest absolute Gasteiger partial charge is 0.338 e. The second kappa shape index (κ2) is 7.57. The Morgan fingerprint density at radius 3 is 2.32 bits per heavy atom. The summed E-state index contributed by atoms with van der Waals surface area (Å²) in [6, 6.07) is 11.0. The molecular formula is C18H21NO5S. The van der Waals surface area contributed by atoms with Crippen LogP contribution in [-0.2, 0) is 14.8 Å². The Bertz CT molecular complexity index is 860. The van der Waals surface area contributed by atoms with Crippen LogP contribution in [0.5, 0.6) is 5.75 Å². The molecular weight excluding hydrogens is 342 g/mol. The number of benzene rings is 2. The molecule has 0 unspecified atom stereocenters. The maximum Gasteiger partial charge on any atom is 0.338 e. The standard InChI is InChI=1S/C18H21NO5S/c1-5-24-18(20)16-7-6-8-17(13(16)2)19(3)25(21,22)15-11-9-14(23-4)10-12-15/h6-12H,5H2,1-4H3. The number of sulfonamides is 1. The van der Waals surface area contributed by atoms with Gasteiger partial charge in [-0.05, 0) is 55.8 Å². The maximum atomic E-state index is 12.9. The first-order chi connectivity index (χ1) is 11.8. The number of hydrogen-bond acceptors (Lipinski definition) is 5. The van der Waals surface area contributed by atoms with Gasteiger partial charge in [0.15, 0.2) is 0 Å². The molecule has 0 atom stereocenters. The van der Waals surface area contributed by atoms with Crippen molar-refractivity contribution >= 4 is 21.7 Å². The van der Waals surface area contributed by atoms with Crippen molar-refractivity contribution in [2.24, 2.45) is 0 Å². The molecule has 0 heterocycles. The predicted molar refractivity (Wildman–Crippen MR) is 95.7 cm³/mol. The van der Waals surface area contributed by atoms with Crippen molar-refractivity contribution in [3.8, 4) is 5.75 Å². The minimum atomic E-state index is -3.77. The largest absolute Gasteiger partial charge is 0.497 e. The van der Waals surface area contributed by atoms with Crippen LogP contribution in [-0.4, -0.2) is 35.2 Å². The SMILES string of the molecule is CCOC(=O)c1cccc(N(C)S(=O)(=O)c2ccc(OC)cc2)c1C. The van der Waals surface area contributed by atoms with E-state index >= 15 is 0 Å². The van der Waals surface area contributed by atoms with Crippen molar-refractivity contribution < 1.29 is 22.7 Å². The number of ether oxygens (including phenoxy) is 2. The van der Waals surface area contributed by atoms with E-state index in [2.05, 4.69) is 0 Å². The molecule has 25 heavy (non-hydrogen) atoms. The minimum Gasteiger partial charge on any atom is -0.497 e. The molecule has 2 rings (SSSR count). The summed E-state index contributed by atoms with van der Waals surface area (Å²) in [5, 5.41) is 0. The number of hydrogen-bond donors (Lipinski definition) is 0. The molecule has 2 aromatic carbocycles. The first-order valence-electron chi connectivity index (χ1n) is 7.72. The fraction of sp³-hybridized carbons (Fsp3) is 0.278. The number of methoxy groups -OCH3 is 1. The van der Waals surface area contributed by atoms with Crippen molar-refractivity contribution in [3.05, 3.63) is 53.6 Å². The van der Waals surface area contributed by atoms with E-state index in [1.54, 1.807) is 44.2 Å². The second-order valence-electron chi connectivity index (χ2n) is 5.32. The third-order valence-electron chi connectivity index (χ3n) is 3.86. The van der Waals surface area contributed by atoms with E-state index in [4.69, 9.17) is 9.47 Å². The minimum absolute atomic E-state index is 0.136. The van der Waals surface area contributed by atoms with Gasteiger partial charge in [-0.2, -0.15) is 0 Å². The molecule has 0 aliphatic carbocycles. The van der Waals surface area contributed by atoms with Crippen LogP contribution in [0.15, 0.2) is 47.4 Å². The highest BCUT2D eigenvalue weighted by Crippen LogP contribution is 2.28. The molecule has 0 saturated heterocycles. The lowest BCUT2D eigenvalue weighted by Crippen LogP contribution is -2.27. The monoisotopic (exact) mass is 363 g/mol. The van der Waals surface area contributed by atoms with Gasteiger partial charge in [0.25, 0.3) is 10.0 Å². The first kappa shape index (κ1) is 18.8. The lowest BCUT2D eigenvalue weighted by Gasteiger charge is -2.22. The molecule has 0 bridgehead atoms. The average molecular weight is 363 g/mol. The summed E-state index contributed by atoms with van der Waals surface area (Å²) in [5.74, 6) is 0.0965. The van der Waals surface area contributed by atoms with Crippen LogP contribution in [0.4, 0.5) is 5.69 Å². The fourth-order valence-electron chi connectivity index (χ4n) is 2.43. The lowest BCUT2D eigenvalue weighted by atomic mass is 10.1. The molecule has 6 nitrogen and oxygen atoms in total. The molecule has 0 amide bonds. The zero-order chi connectivity index (χ0) is 18.6. The number of esters is 1. The van der Waals surface area contributed by atoms with E-state index in [-0.39, 0.29) is 11.5 Å². The second-order valence-corrected chi connectivity index (χ2v) is 7.29. The molecule has 0 saturated carbocycles. The summed E-state index contributed by atoms with van der Waals surface area (Å²) in [6.45, 7) is 3.67. The highest BCUT2D eigenvalue weighted by atomic mass is 32.2. The first-order valence-corrected chi connectivity index (χ1v) is 9.16. The third-order valence-corrected chi connectivity index (χ3v) is 5.64. The van der Waals surface area contributed by atoms with Crippen LogP contribution in [0.1, 0.15) is 22.8 Å². The molecule has 0 aliphatic heterocycles. The van der Waals surface area contributed by atoms with Crippen molar-refractivity contribution in [2.75, 3.05) is 25.1 Å². The maximum absolute atomic E-state index is 12.9. The number of nitrogens with zero attached hydrogens (tertiary/aromatic N) is 1. The Morgan fingerprint density at radius 1 is 1.12 bits per heavy atom. The Balaban J connectivity index is 2.43. The molecule has 2 aromatic rings. The van der Waals surface area contributed by atoms with Gasteiger partial charge < -0.3 is 9.47 Å². The van der Waals surface area contributed by atoms with Crippen molar-refractivity contribution in [1.29, 1.82) is 0 Å². The molecule has 0 fully saturated rings. The van der Waals surface area contributed by atoms with Gasteiger partial charge >= 0.3 is 5.97 Å². The van der Waals surface area contributed by atoms with Gasteiger partial charge in [0.1, 0.15) is 5.75 Å². The van der Waals surface area contributed by atoms with E-state index in [0.717, 1.165) is 4.31 Å². The van der Waals surface area contributed by atoms with E-state index in [1.807, 2.05) is 0 Å². The summed E-state index contributed by atoms with van der Waals surface area (Å²) in [4.78, 5) is 12.2. The van der Waals surface area contributed by atoms with E-state index in [1.165, 1.54) is 26.3 Å². The molecule has 0 radical (unpaired) electrons. The molecule has 0 aromatic heterocycles. The van der Waals surface area contributed by atoms with Crippen LogP contribution in [0.2, 0.25) is 0 Å². The quantitative estimate of drug-likeness (QED) is 0.738. The van der Waals surface area contributed by atoms with Gasteiger partial charge in [0.2, 0.25) is 0 Å². The van der Waals surface area contributed by atoms with Crippen molar-refractivity contribution in [3.63, 3.8) is 0 Å². The van der Waals surface area contributed by atoms with Gasteiger partial charge in [0.05, 0.1) is 29.9 Å². The lowest BCUT2D eigenvalue weighted by molar-refractivity contribution is 0.0525. The normalized spacial score (nSPS) is 11.0. The predicted octanol–water partition coefficient (Wildman–Crippen LogP) is 3.01. The molecule has 0 aliphatic rings. The van der Waals surface area contributed by atoms with Crippen LogP contribution >= 0.6 is 0 Å². The van der Waals surface area contributed by atoms with Crippen LogP contribution in [0.25, 0.3) is 0 Å². The summed E-state index contributed by atoms with van der Waals surface area (Å²) in [6.07, 6.45) is 0. The number of carbonyl (C=O) groups excluding carboxylic acids is 1. The summed E-state index contributed by atoms with van der Waals surface area (Å²) < 4.78 is 36.9. The van der Waals surface area contributed by atoms with Gasteiger partial charge in [-0.1, -0.05) is 6.07 Å². The number of anilines is 1. The topological polar surface area (TPSA) is 72.9 Å². The molecule has 0 spiro atoms. The third kappa shape index (κ3) is 3.76. The van der Waals surface area contributed by atoms with Crippen molar-refractivity contribution in [1.82, 2.24) is 0 Å². The Labute approximate surface area is 148 Å². The zero-order valence-electron chi connectivity index (χ0n) is 14.6. The highest BCUT2D eigenvalue weighted by Gasteiger charge is 2.24. The molecule has 7 heteroatoms. The summed E-state index contributed by atoms with van der Waals surface area (Å²) in [5.41, 5.74) is 1.30. The van der Waals surface area contributed by atoms with Crippen LogP contribution in [0, 0.1) is 6.92 Å². The van der Waals surface area contributed by atoms with Crippen LogP contribution in [0.3, 0.4) is 0 Å². The Kier molecular flexibility index (Phi) is 5.69. The molecule has 134 valence electrons. The van der Waals surface area contributed by atoms with Gasteiger partial charge in [0, 0.05) is 7.05 Å². The fourth-order valence-corrected chi connectivity index (χ4v) is 3.68. The van der Waals surface area contributed by atoms with Crippen molar-refractivity contribution in [2.45, 2.75) is 18.7 Å². The summed E-state index contributed by atoms with van der Waals surface area (Å²) >= 11 is 0. The summed E-state index contributed by atoms with van der Waals surface area (Å²) in [7, 11) is -0.800. The van der Waals surface area contributed by atoms with E-state index < -0.39 is 16.0 Å². The number of carbonyl (C=O) groups is 1. The molecule has 0 N–H and O–H groups in total. The van der Waals surface area contributed by atoms with Gasteiger partial charge in [-0.15, -0.1) is 0 Å². The van der Waals surface area contributed by atoms with Gasteiger partial charge in [-0.3, -0.25) is 4.31 Å². The van der Waals surface area contributed by atoms with E-state index in [9.17, 15) is 13.2 Å². The van der Waals surface area contributed by atoms with Crippen LogP contribution < -0.4 is 9.04 Å². The Morgan fingerprint density at radius 2 is 1.76 bits per heavy atom. The highest BCUT2D eigenvalue weighted by molar-refractivity contribution is 7.92. The number of rotatable bonds is 6. The average Bonchev–Trinajstić information content (AvgIpc) is 2.61.